The number of benzene rings is 2. The molecule has 7 nitrogen and oxygen atoms in total. The first-order valence-electron chi connectivity index (χ1n) is 8.48. The average Bonchev–Trinajstić information content (AvgIpc) is 2.65. The summed E-state index contributed by atoms with van der Waals surface area (Å²) in [6, 6.07) is 12.6. The third kappa shape index (κ3) is 8.24. The molecular weight excluding hydrogens is 352 g/mol. The van der Waals surface area contributed by atoms with Crippen molar-refractivity contribution in [1.82, 2.24) is 0 Å². The van der Waals surface area contributed by atoms with Crippen LogP contribution in [0.4, 0.5) is 0 Å². The van der Waals surface area contributed by atoms with Gasteiger partial charge in [0, 0.05) is 0 Å². The molecule has 0 saturated heterocycles. The topological polar surface area (TPSA) is 102 Å². The molecule has 0 aliphatic rings. The summed E-state index contributed by atoms with van der Waals surface area (Å²) in [5.41, 5.74) is 1.50. The molecule has 0 bridgehead atoms. The van der Waals surface area contributed by atoms with Crippen molar-refractivity contribution in [2.75, 3.05) is 26.4 Å². The van der Waals surface area contributed by atoms with Crippen LogP contribution in [-0.4, -0.2) is 48.6 Å². The zero-order valence-electron chi connectivity index (χ0n) is 14.8. The summed E-state index contributed by atoms with van der Waals surface area (Å²) < 4.78 is 15.3. The number of phenols is 2. The number of phenolic OH excluding ortho intramolecular Hbond substituents is 2. The van der Waals surface area contributed by atoms with Gasteiger partial charge in [0.25, 0.3) is 0 Å². The molecular formula is C20H22O7. The van der Waals surface area contributed by atoms with Gasteiger partial charge >= 0.3 is 11.9 Å². The largest absolute Gasteiger partial charge is 0.508 e. The maximum atomic E-state index is 11.6. The third-order valence-corrected chi connectivity index (χ3v) is 3.55. The van der Waals surface area contributed by atoms with Crippen molar-refractivity contribution < 1.29 is 34.0 Å². The Bertz CT molecular complexity index is 660. The number of aromatic hydroxyl groups is 2. The molecule has 0 aliphatic heterocycles. The molecule has 2 rings (SSSR count). The molecule has 0 unspecified atom stereocenters. The number of ether oxygens (including phenoxy) is 3. The smallest absolute Gasteiger partial charge is 0.310 e. The van der Waals surface area contributed by atoms with Crippen LogP contribution in [0.3, 0.4) is 0 Å². The van der Waals surface area contributed by atoms with E-state index in [-0.39, 0.29) is 62.7 Å². The predicted molar refractivity (Wildman–Crippen MR) is 96.4 cm³/mol. The summed E-state index contributed by atoms with van der Waals surface area (Å²) in [6.45, 7) is 0.629. The molecule has 27 heavy (non-hydrogen) atoms. The van der Waals surface area contributed by atoms with Crippen molar-refractivity contribution in [2.45, 2.75) is 12.8 Å². The SMILES string of the molecule is O=C(Cc1ccc(O)cc1)OCCOCCOC(=O)Cc1ccc(O)cc1. The van der Waals surface area contributed by atoms with Gasteiger partial charge in [0.2, 0.25) is 0 Å². The lowest BCUT2D eigenvalue weighted by molar-refractivity contribution is -0.145. The second-order valence-electron chi connectivity index (χ2n) is 5.74. The Kier molecular flexibility index (Phi) is 8.12. The van der Waals surface area contributed by atoms with Crippen molar-refractivity contribution in [3.05, 3.63) is 59.7 Å². The Balaban J connectivity index is 1.49. The van der Waals surface area contributed by atoms with Crippen LogP contribution in [0.2, 0.25) is 0 Å². The monoisotopic (exact) mass is 374 g/mol. The Morgan fingerprint density at radius 2 is 1.00 bits per heavy atom. The lowest BCUT2D eigenvalue weighted by atomic mass is 10.1. The van der Waals surface area contributed by atoms with E-state index in [1.165, 1.54) is 24.3 Å². The molecule has 0 saturated carbocycles. The fraction of sp³-hybridized carbons (Fsp3) is 0.300. The van der Waals surface area contributed by atoms with Gasteiger partial charge in [0.1, 0.15) is 24.7 Å². The molecule has 2 aromatic rings. The van der Waals surface area contributed by atoms with Crippen molar-refractivity contribution in [3.63, 3.8) is 0 Å². The maximum absolute atomic E-state index is 11.6. The van der Waals surface area contributed by atoms with Gasteiger partial charge in [0.15, 0.2) is 0 Å². The molecule has 2 aromatic carbocycles. The van der Waals surface area contributed by atoms with Crippen LogP contribution in [0.5, 0.6) is 11.5 Å². The van der Waals surface area contributed by atoms with Gasteiger partial charge in [-0.3, -0.25) is 9.59 Å². The second kappa shape index (κ2) is 10.8. The van der Waals surface area contributed by atoms with E-state index in [1.807, 2.05) is 0 Å². The molecule has 0 amide bonds. The minimum absolute atomic E-state index is 0.109. The summed E-state index contributed by atoms with van der Waals surface area (Å²) in [4.78, 5) is 23.3. The zero-order valence-corrected chi connectivity index (χ0v) is 14.8. The first-order chi connectivity index (χ1) is 13.0. The van der Waals surface area contributed by atoms with E-state index in [0.717, 1.165) is 11.1 Å². The molecule has 2 N–H and O–H groups in total. The number of carbonyl (C=O) groups is 2. The van der Waals surface area contributed by atoms with Gasteiger partial charge < -0.3 is 24.4 Å². The molecule has 0 heterocycles. The normalized spacial score (nSPS) is 10.4. The first kappa shape index (κ1) is 20.3. The van der Waals surface area contributed by atoms with E-state index in [0.29, 0.717) is 0 Å². The van der Waals surface area contributed by atoms with Crippen LogP contribution >= 0.6 is 0 Å². The molecule has 0 fully saturated rings. The molecule has 144 valence electrons. The Hall–Kier alpha value is -3.06. The number of esters is 2. The number of rotatable bonds is 10. The highest BCUT2D eigenvalue weighted by Gasteiger charge is 2.06. The van der Waals surface area contributed by atoms with Crippen molar-refractivity contribution in [2.24, 2.45) is 0 Å². The van der Waals surface area contributed by atoms with Crippen molar-refractivity contribution in [3.8, 4) is 11.5 Å². The highest BCUT2D eigenvalue weighted by molar-refractivity contribution is 5.73. The lowest BCUT2D eigenvalue weighted by Crippen LogP contribution is -2.16. The summed E-state index contributed by atoms with van der Waals surface area (Å²) in [6.07, 6.45) is 0.240. The van der Waals surface area contributed by atoms with Gasteiger partial charge in [-0.1, -0.05) is 24.3 Å². The van der Waals surface area contributed by atoms with Gasteiger partial charge in [0.05, 0.1) is 26.1 Å². The van der Waals surface area contributed by atoms with Gasteiger partial charge in [-0.15, -0.1) is 0 Å². The van der Waals surface area contributed by atoms with E-state index in [2.05, 4.69) is 0 Å². The van der Waals surface area contributed by atoms with Crippen LogP contribution < -0.4 is 0 Å². The average molecular weight is 374 g/mol. The van der Waals surface area contributed by atoms with Crippen LogP contribution in [0, 0.1) is 0 Å². The fourth-order valence-corrected chi connectivity index (χ4v) is 2.19. The molecule has 7 heteroatoms. The number of carbonyl (C=O) groups excluding carboxylic acids is 2. The second-order valence-corrected chi connectivity index (χ2v) is 5.74. The molecule has 0 spiro atoms. The van der Waals surface area contributed by atoms with Crippen LogP contribution in [0.25, 0.3) is 0 Å². The Morgan fingerprint density at radius 1 is 0.630 bits per heavy atom. The summed E-state index contributed by atoms with van der Waals surface area (Å²) in [5.74, 6) is -0.484. The van der Waals surface area contributed by atoms with E-state index >= 15 is 0 Å². The zero-order chi connectivity index (χ0) is 19.5. The van der Waals surface area contributed by atoms with Crippen LogP contribution in [0.1, 0.15) is 11.1 Å². The lowest BCUT2D eigenvalue weighted by Gasteiger charge is -2.07. The first-order valence-corrected chi connectivity index (χ1v) is 8.48. The van der Waals surface area contributed by atoms with Gasteiger partial charge in [-0.05, 0) is 35.4 Å². The summed E-state index contributed by atoms with van der Waals surface area (Å²) in [7, 11) is 0. The summed E-state index contributed by atoms with van der Waals surface area (Å²) >= 11 is 0. The number of hydrogen-bond donors (Lipinski definition) is 2. The molecule has 0 aromatic heterocycles. The van der Waals surface area contributed by atoms with E-state index in [4.69, 9.17) is 14.2 Å². The van der Waals surface area contributed by atoms with Crippen molar-refractivity contribution in [1.29, 1.82) is 0 Å². The van der Waals surface area contributed by atoms with E-state index in [1.54, 1.807) is 24.3 Å². The molecule has 0 radical (unpaired) electrons. The predicted octanol–water partition coefficient (Wildman–Crippen LogP) is 1.99. The highest BCUT2D eigenvalue weighted by atomic mass is 16.6. The van der Waals surface area contributed by atoms with Gasteiger partial charge in [-0.2, -0.15) is 0 Å². The van der Waals surface area contributed by atoms with E-state index in [9.17, 15) is 19.8 Å². The van der Waals surface area contributed by atoms with Gasteiger partial charge in [-0.25, -0.2) is 0 Å². The minimum Gasteiger partial charge on any atom is -0.508 e. The highest BCUT2D eigenvalue weighted by Crippen LogP contribution is 2.11. The Morgan fingerprint density at radius 3 is 1.37 bits per heavy atom. The fourth-order valence-electron chi connectivity index (χ4n) is 2.19. The molecule has 0 aliphatic carbocycles. The van der Waals surface area contributed by atoms with E-state index < -0.39 is 0 Å². The van der Waals surface area contributed by atoms with Crippen LogP contribution in [0.15, 0.2) is 48.5 Å². The quantitative estimate of drug-likeness (QED) is 0.484. The summed E-state index contributed by atoms with van der Waals surface area (Å²) in [5, 5.41) is 18.4. The van der Waals surface area contributed by atoms with Crippen LogP contribution in [-0.2, 0) is 36.6 Å². The maximum Gasteiger partial charge on any atom is 0.310 e. The third-order valence-electron chi connectivity index (χ3n) is 3.55. The minimum atomic E-state index is -0.385. The Labute approximate surface area is 157 Å². The molecule has 0 atom stereocenters. The number of hydrogen-bond acceptors (Lipinski definition) is 7. The standard InChI is InChI=1S/C20H22O7/c21-17-5-1-15(2-6-17)13-19(23)26-11-9-25-10-12-27-20(24)14-16-3-7-18(22)8-4-16/h1-8,21-22H,9-14H2. The van der Waals surface area contributed by atoms with Crippen molar-refractivity contribution >= 4 is 11.9 Å².